The molecule has 16 heavy (non-hydrogen) atoms. The molecule has 2 aliphatic rings. The molecule has 0 spiro atoms. The van der Waals surface area contributed by atoms with Crippen LogP contribution in [0.2, 0.25) is 0 Å². The highest BCUT2D eigenvalue weighted by molar-refractivity contribution is 5.58. The fourth-order valence-electron chi connectivity index (χ4n) is 2.06. The van der Waals surface area contributed by atoms with Crippen LogP contribution in [0.5, 0.6) is 0 Å². The molecule has 0 nitrogen and oxygen atoms in total. The van der Waals surface area contributed by atoms with Crippen LogP contribution >= 0.6 is 0 Å². The second-order valence-electron chi connectivity index (χ2n) is 4.26. The molecule has 0 fully saturated rings. The average Bonchev–Trinajstić information content (AvgIpc) is 2.39. The maximum absolute atomic E-state index is 4.18. The van der Waals surface area contributed by atoms with Gasteiger partial charge in [0.15, 0.2) is 0 Å². The summed E-state index contributed by atoms with van der Waals surface area (Å²) in [6.07, 6.45) is 17.6. The van der Waals surface area contributed by atoms with E-state index in [0.29, 0.717) is 0 Å². The van der Waals surface area contributed by atoms with Crippen LogP contribution in [-0.4, -0.2) is 0 Å². The third-order valence-electron chi connectivity index (χ3n) is 3.11. The summed E-state index contributed by atoms with van der Waals surface area (Å²) in [5.74, 6) is 0. The number of hydrogen-bond donors (Lipinski definition) is 0. The van der Waals surface area contributed by atoms with Gasteiger partial charge in [-0.15, -0.1) is 0 Å². The van der Waals surface area contributed by atoms with Crippen LogP contribution in [0.15, 0.2) is 71.9 Å². The van der Waals surface area contributed by atoms with Gasteiger partial charge in [-0.25, -0.2) is 0 Å². The Labute approximate surface area is 98.1 Å². The fraction of sp³-hybridized carbons (Fsp3) is 0.250. The van der Waals surface area contributed by atoms with E-state index in [2.05, 4.69) is 49.6 Å². The van der Waals surface area contributed by atoms with Crippen molar-refractivity contribution in [1.29, 1.82) is 0 Å². The quantitative estimate of drug-likeness (QED) is 0.595. The van der Waals surface area contributed by atoms with E-state index < -0.39 is 0 Å². The van der Waals surface area contributed by atoms with Crippen molar-refractivity contribution in [2.45, 2.75) is 25.7 Å². The summed E-state index contributed by atoms with van der Waals surface area (Å²) in [6.45, 7) is 8.35. The molecule has 0 atom stereocenters. The molecule has 0 aromatic carbocycles. The van der Waals surface area contributed by atoms with Crippen LogP contribution in [0.4, 0.5) is 0 Å². The Morgan fingerprint density at radius 1 is 1.00 bits per heavy atom. The zero-order valence-electron chi connectivity index (χ0n) is 9.71. The summed E-state index contributed by atoms with van der Waals surface area (Å²) in [4.78, 5) is 0. The smallest absolute Gasteiger partial charge is 0.0190 e. The molecule has 0 aromatic heterocycles. The highest BCUT2D eigenvalue weighted by Gasteiger charge is 2.10. The summed E-state index contributed by atoms with van der Waals surface area (Å²) in [6, 6.07) is 0. The monoisotopic (exact) mass is 210 g/mol. The molecule has 0 bridgehead atoms. The minimum absolute atomic E-state index is 1.08. The van der Waals surface area contributed by atoms with Crippen molar-refractivity contribution in [3.05, 3.63) is 71.9 Å². The molecule has 0 radical (unpaired) electrons. The van der Waals surface area contributed by atoms with Crippen molar-refractivity contribution in [2.75, 3.05) is 0 Å². The Morgan fingerprint density at radius 2 is 1.88 bits per heavy atom. The average molecular weight is 210 g/mol. The molecule has 0 heteroatoms. The summed E-state index contributed by atoms with van der Waals surface area (Å²) in [5, 5.41) is 0. The molecule has 2 aliphatic carbocycles. The maximum Gasteiger partial charge on any atom is -0.0190 e. The van der Waals surface area contributed by atoms with Crippen molar-refractivity contribution in [1.82, 2.24) is 0 Å². The van der Waals surface area contributed by atoms with Crippen molar-refractivity contribution < 1.29 is 0 Å². The van der Waals surface area contributed by atoms with E-state index in [9.17, 15) is 0 Å². The van der Waals surface area contributed by atoms with E-state index in [4.69, 9.17) is 0 Å². The second-order valence-corrected chi connectivity index (χ2v) is 4.26. The first-order valence-corrected chi connectivity index (χ1v) is 5.90. The Bertz CT molecular complexity index is 425. The van der Waals surface area contributed by atoms with Gasteiger partial charge in [-0.3, -0.25) is 0 Å². The first kappa shape index (κ1) is 10.9. The SMILES string of the molecule is C=C(C(=C)C1=CC=CCC1)C1=CCCC=C1. The third kappa shape index (κ3) is 2.33. The first-order valence-electron chi connectivity index (χ1n) is 5.90. The predicted octanol–water partition coefficient (Wildman–Crippen LogP) is 4.65. The highest BCUT2D eigenvalue weighted by atomic mass is 14.2. The Hall–Kier alpha value is -1.56. The maximum atomic E-state index is 4.18. The molecule has 0 aliphatic heterocycles. The zero-order chi connectivity index (χ0) is 11.4. The van der Waals surface area contributed by atoms with Gasteiger partial charge >= 0.3 is 0 Å². The molecular weight excluding hydrogens is 192 g/mol. The highest BCUT2D eigenvalue weighted by Crippen LogP contribution is 2.29. The molecule has 0 aromatic rings. The summed E-state index contributed by atoms with van der Waals surface area (Å²) < 4.78 is 0. The molecule has 0 saturated heterocycles. The molecule has 2 rings (SSSR count). The molecular formula is C16H18. The lowest BCUT2D eigenvalue weighted by molar-refractivity contribution is 0.971. The molecule has 0 heterocycles. The zero-order valence-corrected chi connectivity index (χ0v) is 9.71. The second kappa shape index (κ2) is 4.98. The lowest BCUT2D eigenvalue weighted by Crippen LogP contribution is -1.97. The van der Waals surface area contributed by atoms with E-state index >= 15 is 0 Å². The van der Waals surface area contributed by atoms with Crippen molar-refractivity contribution in [3.8, 4) is 0 Å². The van der Waals surface area contributed by atoms with Crippen molar-refractivity contribution >= 4 is 0 Å². The Balaban J connectivity index is 2.13. The lowest BCUT2D eigenvalue weighted by atomic mass is 9.88. The van der Waals surface area contributed by atoms with Gasteiger partial charge < -0.3 is 0 Å². The topological polar surface area (TPSA) is 0 Å². The summed E-state index contributed by atoms with van der Waals surface area (Å²) in [7, 11) is 0. The van der Waals surface area contributed by atoms with Crippen LogP contribution in [-0.2, 0) is 0 Å². The largest absolute Gasteiger partial charge is 0.0909 e. The summed E-state index contributed by atoms with van der Waals surface area (Å²) in [5.41, 5.74) is 4.75. The molecule has 0 unspecified atom stereocenters. The molecule has 0 N–H and O–H groups in total. The lowest BCUT2D eigenvalue weighted by Gasteiger charge is -2.16. The van der Waals surface area contributed by atoms with Gasteiger partial charge in [0.2, 0.25) is 0 Å². The number of allylic oxidation sites excluding steroid dienone is 10. The standard InChI is InChI=1S/C16H18/c1-13(15-9-5-3-6-10-15)14(2)16-11-7-4-8-12-16/h3,5,7,9,11-12H,1-2,4,6,8,10H2. The van der Waals surface area contributed by atoms with Crippen LogP contribution in [0, 0.1) is 0 Å². The molecule has 82 valence electrons. The minimum atomic E-state index is 1.08. The Morgan fingerprint density at radius 3 is 2.50 bits per heavy atom. The minimum Gasteiger partial charge on any atom is -0.0909 e. The van der Waals surface area contributed by atoms with Gasteiger partial charge in [-0.2, -0.15) is 0 Å². The van der Waals surface area contributed by atoms with Crippen LogP contribution < -0.4 is 0 Å². The van der Waals surface area contributed by atoms with E-state index in [1.54, 1.807) is 0 Å². The van der Waals surface area contributed by atoms with E-state index in [1.165, 1.54) is 11.1 Å². The first-order chi connectivity index (χ1) is 7.79. The van der Waals surface area contributed by atoms with Gasteiger partial charge in [0.25, 0.3) is 0 Å². The number of hydrogen-bond acceptors (Lipinski definition) is 0. The predicted molar refractivity (Wildman–Crippen MR) is 71.2 cm³/mol. The van der Waals surface area contributed by atoms with Gasteiger partial charge in [0, 0.05) is 0 Å². The number of rotatable bonds is 3. The van der Waals surface area contributed by atoms with E-state index in [0.717, 1.165) is 36.8 Å². The van der Waals surface area contributed by atoms with Crippen molar-refractivity contribution in [3.63, 3.8) is 0 Å². The van der Waals surface area contributed by atoms with Crippen LogP contribution in [0.25, 0.3) is 0 Å². The Kier molecular flexibility index (Phi) is 3.40. The fourth-order valence-corrected chi connectivity index (χ4v) is 2.06. The molecule has 0 amide bonds. The van der Waals surface area contributed by atoms with Crippen LogP contribution in [0.1, 0.15) is 25.7 Å². The molecule has 0 saturated carbocycles. The van der Waals surface area contributed by atoms with Gasteiger partial charge in [-0.05, 0) is 48.0 Å². The van der Waals surface area contributed by atoms with Gasteiger partial charge in [0.05, 0.1) is 0 Å². The normalized spacial score (nSPS) is 19.0. The van der Waals surface area contributed by atoms with Crippen molar-refractivity contribution in [2.24, 2.45) is 0 Å². The van der Waals surface area contributed by atoms with Gasteiger partial charge in [0.1, 0.15) is 0 Å². The summed E-state index contributed by atoms with van der Waals surface area (Å²) >= 11 is 0. The van der Waals surface area contributed by atoms with Gasteiger partial charge in [-0.1, -0.05) is 49.6 Å². The third-order valence-corrected chi connectivity index (χ3v) is 3.11. The van der Waals surface area contributed by atoms with E-state index in [-0.39, 0.29) is 0 Å². The van der Waals surface area contributed by atoms with Crippen LogP contribution in [0.3, 0.4) is 0 Å². The van der Waals surface area contributed by atoms with E-state index in [1.807, 2.05) is 0 Å².